The van der Waals surface area contributed by atoms with E-state index in [9.17, 15) is 8.78 Å². The van der Waals surface area contributed by atoms with Crippen molar-refractivity contribution in [2.45, 2.75) is 6.54 Å². The van der Waals surface area contributed by atoms with Gasteiger partial charge >= 0.3 is 0 Å². The molecule has 0 aliphatic heterocycles. The summed E-state index contributed by atoms with van der Waals surface area (Å²) in [4.78, 5) is 3.29. The number of nitrogens with zero attached hydrogens (tertiary/aromatic N) is 1. The van der Waals surface area contributed by atoms with Crippen LogP contribution in [-0.2, 0) is 6.54 Å². The Kier molecular flexibility index (Phi) is 4.32. The molecule has 4 aromatic rings. The van der Waals surface area contributed by atoms with Gasteiger partial charge < -0.3 is 0 Å². The quantitative estimate of drug-likeness (QED) is 0.503. The van der Waals surface area contributed by atoms with Crippen LogP contribution in [-0.4, -0.2) is 4.98 Å². The van der Waals surface area contributed by atoms with E-state index in [0.29, 0.717) is 6.54 Å². The van der Waals surface area contributed by atoms with Gasteiger partial charge in [-0.2, -0.15) is 0 Å². The topological polar surface area (TPSA) is 19.7 Å². The van der Waals surface area contributed by atoms with Gasteiger partial charge in [-0.1, -0.05) is 30.3 Å². The van der Waals surface area contributed by atoms with Crippen molar-refractivity contribution in [1.29, 1.82) is 0 Å². The standard InChI is InChI=1S/C22H16F2N2/c23-19-10-6-17(7-11-19)21-22(18-8-12-20(24)13-9-18)26(15-25-21)14-16-4-2-1-3-5-16/h1-13,15H,14H2/p+1. The fourth-order valence-electron chi connectivity index (χ4n) is 3.08. The van der Waals surface area contributed by atoms with E-state index < -0.39 is 0 Å². The maximum Gasteiger partial charge on any atom is 0.242 e. The van der Waals surface area contributed by atoms with Crippen LogP contribution in [0.2, 0.25) is 0 Å². The van der Waals surface area contributed by atoms with Crippen LogP contribution in [0, 0.1) is 11.6 Å². The van der Waals surface area contributed by atoms with Crippen LogP contribution in [0.4, 0.5) is 8.78 Å². The fraction of sp³-hybridized carbons (Fsp3) is 0.0455. The predicted molar refractivity (Wildman–Crippen MR) is 97.3 cm³/mol. The van der Waals surface area contributed by atoms with E-state index in [1.54, 1.807) is 24.3 Å². The van der Waals surface area contributed by atoms with Crippen molar-refractivity contribution in [3.05, 3.63) is 102 Å². The second-order valence-corrected chi connectivity index (χ2v) is 6.12. The van der Waals surface area contributed by atoms with Crippen molar-refractivity contribution in [3.8, 4) is 22.5 Å². The Morgan fingerprint density at radius 3 is 1.88 bits per heavy atom. The van der Waals surface area contributed by atoms with Crippen molar-refractivity contribution in [2.24, 2.45) is 0 Å². The van der Waals surface area contributed by atoms with Gasteiger partial charge in [-0.15, -0.1) is 0 Å². The molecule has 0 spiro atoms. The van der Waals surface area contributed by atoms with Crippen molar-refractivity contribution < 1.29 is 13.3 Å². The lowest BCUT2D eigenvalue weighted by Gasteiger charge is -2.05. The van der Waals surface area contributed by atoms with Gasteiger partial charge in [0.05, 0.1) is 0 Å². The molecule has 0 fully saturated rings. The number of hydrogen-bond donors (Lipinski definition) is 1. The lowest BCUT2D eigenvalue weighted by atomic mass is 10.0. The molecule has 128 valence electrons. The summed E-state index contributed by atoms with van der Waals surface area (Å²) >= 11 is 0. The minimum absolute atomic E-state index is 0.276. The van der Waals surface area contributed by atoms with Gasteiger partial charge in [-0.3, -0.25) is 0 Å². The second kappa shape index (κ2) is 6.92. The van der Waals surface area contributed by atoms with Crippen molar-refractivity contribution >= 4 is 0 Å². The Hall–Kier alpha value is -3.27. The molecule has 1 aromatic heterocycles. The van der Waals surface area contributed by atoms with Gasteiger partial charge in [0.1, 0.15) is 18.2 Å². The first kappa shape index (κ1) is 16.2. The van der Waals surface area contributed by atoms with Crippen LogP contribution in [0.3, 0.4) is 0 Å². The number of halogens is 2. The summed E-state index contributed by atoms with van der Waals surface area (Å²) < 4.78 is 28.8. The number of nitrogens with one attached hydrogen (secondary N) is 1. The summed E-state index contributed by atoms with van der Waals surface area (Å²) in [5, 5.41) is 0. The molecule has 4 heteroatoms. The molecule has 1 heterocycles. The number of imidazole rings is 1. The van der Waals surface area contributed by atoms with Crippen LogP contribution in [0.5, 0.6) is 0 Å². The van der Waals surface area contributed by atoms with Crippen LogP contribution < -0.4 is 4.57 Å². The maximum absolute atomic E-state index is 13.4. The number of H-pyrrole nitrogens is 1. The number of aromatic amines is 1. The Bertz CT molecular complexity index is 1000. The van der Waals surface area contributed by atoms with Gasteiger partial charge in [-0.05, 0) is 54.1 Å². The molecular weight excluding hydrogens is 330 g/mol. The molecule has 1 N–H and O–H groups in total. The molecule has 2 nitrogen and oxygen atoms in total. The zero-order valence-electron chi connectivity index (χ0n) is 14.0. The summed E-state index contributed by atoms with van der Waals surface area (Å²) in [6.07, 6.45) is 1.89. The van der Waals surface area contributed by atoms with Gasteiger partial charge in [0.2, 0.25) is 6.33 Å². The van der Waals surface area contributed by atoms with Crippen molar-refractivity contribution in [1.82, 2.24) is 4.98 Å². The van der Waals surface area contributed by atoms with E-state index in [2.05, 4.69) is 21.7 Å². The minimum Gasteiger partial charge on any atom is -0.243 e. The van der Waals surface area contributed by atoms with E-state index in [4.69, 9.17) is 0 Å². The highest BCUT2D eigenvalue weighted by atomic mass is 19.1. The summed E-state index contributed by atoms with van der Waals surface area (Å²) in [7, 11) is 0. The van der Waals surface area contributed by atoms with Crippen LogP contribution in [0.15, 0.2) is 85.2 Å². The van der Waals surface area contributed by atoms with Gasteiger partial charge in [-0.25, -0.2) is 18.3 Å². The fourth-order valence-corrected chi connectivity index (χ4v) is 3.08. The summed E-state index contributed by atoms with van der Waals surface area (Å²) in [5.41, 5.74) is 4.72. The molecule has 3 aromatic carbocycles. The van der Waals surface area contributed by atoms with Gasteiger partial charge in [0.25, 0.3) is 0 Å². The highest BCUT2D eigenvalue weighted by Crippen LogP contribution is 2.28. The molecule has 26 heavy (non-hydrogen) atoms. The molecular formula is C22H17F2N2+. The third kappa shape index (κ3) is 3.26. The SMILES string of the molecule is Fc1ccc(-c2[nH]c[n+](Cc3ccccc3)c2-c2ccc(F)cc2)cc1. The number of rotatable bonds is 4. The largest absolute Gasteiger partial charge is 0.243 e. The molecule has 0 amide bonds. The lowest BCUT2D eigenvalue weighted by molar-refractivity contribution is -0.676. The molecule has 0 saturated heterocycles. The van der Waals surface area contributed by atoms with Crippen LogP contribution >= 0.6 is 0 Å². The minimum atomic E-state index is -0.277. The molecule has 0 aliphatic carbocycles. The van der Waals surface area contributed by atoms with E-state index >= 15 is 0 Å². The molecule has 4 rings (SSSR count). The zero-order chi connectivity index (χ0) is 17.9. The Balaban J connectivity index is 1.84. The first-order valence-electron chi connectivity index (χ1n) is 8.37. The normalized spacial score (nSPS) is 10.8. The van der Waals surface area contributed by atoms with E-state index in [1.807, 2.05) is 24.5 Å². The highest BCUT2D eigenvalue weighted by molar-refractivity contribution is 5.75. The molecule has 0 saturated carbocycles. The summed E-state index contributed by atoms with van der Waals surface area (Å²) in [6.45, 7) is 0.672. The van der Waals surface area contributed by atoms with Crippen molar-refractivity contribution in [2.75, 3.05) is 0 Å². The monoisotopic (exact) mass is 347 g/mol. The second-order valence-electron chi connectivity index (χ2n) is 6.12. The third-order valence-electron chi connectivity index (χ3n) is 4.34. The molecule has 0 unspecified atom stereocenters. The summed E-state index contributed by atoms with van der Waals surface area (Å²) in [6, 6.07) is 22.9. The first-order chi connectivity index (χ1) is 12.7. The Labute approximate surface area is 150 Å². The first-order valence-corrected chi connectivity index (χ1v) is 8.37. The molecule has 0 radical (unpaired) electrons. The van der Waals surface area contributed by atoms with E-state index in [-0.39, 0.29) is 11.6 Å². The third-order valence-corrected chi connectivity index (χ3v) is 4.34. The number of hydrogen-bond acceptors (Lipinski definition) is 0. The molecule has 0 bridgehead atoms. The smallest absolute Gasteiger partial charge is 0.242 e. The highest BCUT2D eigenvalue weighted by Gasteiger charge is 2.21. The predicted octanol–water partition coefficient (Wildman–Crippen LogP) is 4.96. The number of aromatic nitrogens is 2. The van der Waals surface area contributed by atoms with Gasteiger partial charge in [0, 0.05) is 11.1 Å². The van der Waals surface area contributed by atoms with Crippen LogP contribution in [0.25, 0.3) is 22.5 Å². The van der Waals surface area contributed by atoms with Crippen LogP contribution in [0.1, 0.15) is 5.56 Å². The Morgan fingerprint density at radius 1 is 0.692 bits per heavy atom. The average molecular weight is 347 g/mol. The van der Waals surface area contributed by atoms with Gasteiger partial charge in [0.15, 0.2) is 11.4 Å². The summed E-state index contributed by atoms with van der Waals surface area (Å²) in [5.74, 6) is -0.553. The van der Waals surface area contributed by atoms with E-state index in [1.165, 1.54) is 24.3 Å². The average Bonchev–Trinajstić information content (AvgIpc) is 3.07. The lowest BCUT2D eigenvalue weighted by Crippen LogP contribution is -2.34. The maximum atomic E-state index is 13.4. The molecule has 0 atom stereocenters. The van der Waals surface area contributed by atoms with E-state index in [0.717, 1.165) is 28.1 Å². The van der Waals surface area contributed by atoms with Crippen molar-refractivity contribution in [3.63, 3.8) is 0 Å². The number of benzene rings is 3. The Morgan fingerprint density at radius 2 is 1.27 bits per heavy atom. The zero-order valence-corrected chi connectivity index (χ0v) is 14.0. The molecule has 0 aliphatic rings.